The highest BCUT2D eigenvalue weighted by Crippen LogP contribution is 2.54. The number of benzene rings is 1. The summed E-state index contributed by atoms with van der Waals surface area (Å²) in [6.45, 7) is 1.96. The van der Waals surface area contributed by atoms with Crippen molar-refractivity contribution in [3.63, 3.8) is 0 Å². The summed E-state index contributed by atoms with van der Waals surface area (Å²) in [4.78, 5) is 14.2. The van der Waals surface area contributed by atoms with Crippen LogP contribution in [0.2, 0.25) is 0 Å². The number of hydrogen-bond acceptors (Lipinski definition) is 7. The van der Waals surface area contributed by atoms with E-state index < -0.39 is 7.82 Å². The van der Waals surface area contributed by atoms with Crippen LogP contribution in [0.5, 0.6) is 5.75 Å². The molecule has 10 heteroatoms. The van der Waals surface area contributed by atoms with Crippen LogP contribution in [0.1, 0.15) is 30.2 Å². The van der Waals surface area contributed by atoms with E-state index in [-0.39, 0.29) is 31.1 Å². The summed E-state index contributed by atoms with van der Waals surface area (Å²) in [6, 6.07) is 7.24. The van der Waals surface area contributed by atoms with Crippen LogP contribution in [-0.4, -0.2) is 22.3 Å². The molecule has 1 aromatic heterocycles. The van der Waals surface area contributed by atoms with Gasteiger partial charge in [-0.15, -0.1) is 0 Å². The minimum absolute atomic E-state index is 0.0750. The predicted molar refractivity (Wildman–Crippen MR) is 99.2 cm³/mol. The first-order chi connectivity index (χ1) is 12.9. The van der Waals surface area contributed by atoms with Gasteiger partial charge in [0.2, 0.25) is 0 Å². The van der Waals surface area contributed by atoms with E-state index in [0.717, 1.165) is 5.56 Å². The first-order valence-electron chi connectivity index (χ1n) is 8.58. The summed E-state index contributed by atoms with van der Waals surface area (Å²) in [7, 11) is -3.67. The molecule has 3 heterocycles. The van der Waals surface area contributed by atoms with Crippen molar-refractivity contribution in [2.75, 3.05) is 6.61 Å². The molecule has 1 fully saturated rings. The fourth-order valence-electron chi connectivity index (χ4n) is 3.06. The molecule has 0 spiro atoms. The third-order valence-corrected chi connectivity index (χ3v) is 6.16. The van der Waals surface area contributed by atoms with Crippen LogP contribution < -0.4 is 10.1 Å². The average molecular weight is 410 g/mol. The molecule has 0 saturated carbocycles. The maximum Gasteiger partial charge on any atom is 0.530 e. The number of hydrogen-bond donors (Lipinski definition) is 1. The summed E-state index contributed by atoms with van der Waals surface area (Å²) in [5.41, 5.74) is 1.17. The molecular weight excluding hydrogens is 391 g/mol. The van der Waals surface area contributed by atoms with Gasteiger partial charge in [-0.1, -0.05) is 18.2 Å². The lowest BCUT2D eigenvalue weighted by atomic mass is 10.2. The van der Waals surface area contributed by atoms with E-state index in [1.807, 2.05) is 12.1 Å². The van der Waals surface area contributed by atoms with Crippen molar-refractivity contribution in [2.24, 2.45) is 0 Å². The zero-order chi connectivity index (χ0) is 19.0. The lowest BCUT2D eigenvalue weighted by molar-refractivity contribution is -0.0256. The fourth-order valence-corrected chi connectivity index (χ4v) is 4.57. The van der Waals surface area contributed by atoms with Gasteiger partial charge in [0.25, 0.3) is 5.56 Å². The highest BCUT2D eigenvalue weighted by molar-refractivity contribution is 7.71. The van der Waals surface area contributed by atoms with Crippen molar-refractivity contribution in [2.45, 2.75) is 38.7 Å². The van der Waals surface area contributed by atoms with E-state index in [1.54, 1.807) is 29.8 Å². The second-order valence-corrected chi connectivity index (χ2v) is 8.46. The maximum absolute atomic E-state index is 12.7. The number of aromatic amines is 1. The summed E-state index contributed by atoms with van der Waals surface area (Å²) < 4.78 is 36.8. The van der Waals surface area contributed by atoms with Crippen LogP contribution in [0, 0.1) is 11.7 Å². The molecule has 3 atom stereocenters. The molecule has 2 aromatic rings. The van der Waals surface area contributed by atoms with Gasteiger partial charge in [-0.3, -0.25) is 23.4 Å². The van der Waals surface area contributed by atoms with E-state index in [2.05, 4.69) is 4.98 Å². The van der Waals surface area contributed by atoms with Gasteiger partial charge in [0.15, 0.2) is 4.77 Å². The van der Waals surface area contributed by atoms with Gasteiger partial charge < -0.3 is 9.26 Å². The first kappa shape index (κ1) is 18.6. The van der Waals surface area contributed by atoms with Crippen molar-refractivity contribution in [3.05, 3.63) is 56.7 Å². The highest BCUT2D eigenvalue weighted by atomic mass is 32.1. The van der Waals surface area contributed by atoms with Gasteiger partial charge in [0.1, 0.15) is 12.0 Å². The van der Waals surface area contributed by atoms with Crippen molar-refractivity contribution < 1.29 is 22.9 Å². The number of fused-ring (bicyclic) bond motifs is 1. The Morgan fingerprint density at radius 1 is 1.37 bits per heavy atom. The molecule has 2 aliphatic rings. The Hall–Kier alpha value is -1.77. The number of aromatic nitrogens is 2. The molecule has 0 radical (unpaired) electrons. The molecule has 1 aromatic carbocycles. The lowest BCUT2D eigenvalue weighted by Gasteiger charge is -2.25. The maximum atomic E-state index is 12.7. The Kier molecular flexibility index (Phi) is 5.05. The number of nitrogens with zero attached hydrogens (tertiary/aromatic N) is 1. The number of phosphoric acid groups is 1. The molecule has 27 heavy (non-hydrogen) atoms. The van der Waals surface area contributed by atoms with Crippen molar-refractivity contribution in [1.29, 1.82) is 0 Å². The number of nitrogens with one attached hydrogen (secondary N) is 1. The van der Waals surface area contributed by atoms with Crippen molar-refractivity contribution in [1.82, 2.24) is 9.55 Å². The Balaban J connectivity index is 1.38. The van der Waals surface area contributed by atoms with E-state index in [1.165, 1.54) is 0 Å². The van der Waals surface area contributed by atoms with Gasteiger partial charge in [-0.25, -0.2) is 4.57 Å². The molecule has 144 valence electrons. The number of H-pyrrole nitrogens is 1. The molecule has 0 amide bonds. The van der Waals surface area contributed by atoms with Gasteiger partial charge in [0, 0.05) is 17.3 Å². The largest absolute Gasteiger partial charge is 0.530 e. The number of aryl methyl sites for hydroxylation is 1. The molecule has 0 aliphatic carbocycles. The monoisotopic (exact) mass is 410 g/mol. The average Bonchev–Trinajstić information content (AvgIpc) is 3.12. The molecule has 3 unspecified atom stereocenters. The Bertz CT molecular complexity index is 1020. The zero-order valence-electron chi connectivity index (χ0n) is 14.6. The van der Waals surface area contributed by atoms with Gasteiger partial charge in [0.05, 0.1) is 19.3 Å². The summed E-state index contributed by atoms with van der Waals surface area (Å²) in [5.74, 6) is 0.507. The standard InChI is InChI=1S/C17H19N2O6PS/c1-11-8-19(17(27)18-16(11)20)15-7-6-13(24-15)10-23-26(21)22-9-12-4-2-3-5-14(12)25-26/h2-5,8,13,15H,6-7,9-10H2,1H3,(H,18,20,27). The van der Waals surface area contributed by atoms with E-state index in [0.29, 0.717) is 28.9 Å². The Morgan fingerprint density at radius 2 is 2.19 bits per heavy atom. The minimum Gasteiger partial charge on any atom is -0.404 e. The smallest absolute Gasteiger partial charge is 0.404 e. The van der Waals surface area contributed by atoms with Crippen molar-refractivity contribution >= 4 is 20.0 Å². The Morgan fingerprint density at radius 3 is 3.04 bits per heavy atom. The van der Waals surface area contributed by atoms with Gasteiger partial charge in [-0.05, 0) is 38.0 Å². The van der Waals surface area contributed by atoms with E-state index in [4.69, 9.17) is 30.5 Å². The van der Waals surface area contributed by atoms with E-state index >= 15 is 0 Å². The van der Waals surface area contributed by atoms with Crippen LogP contribution >= 0.6 is 20.0 Å². The number of rotatable bonds is 4. The molecule has 4 rings (SSSR count). The molecule has 1 N–H and O–H groups in total. The summed E-state index contributed by atoms with van der Waals surface area (Å²) in [5, 5.41) is 0. The third-order valence-electron chi connectivity index (χ3n) is 4.52. The molecular formula is C17H19N2O6PS. The van der Waals surface area contributed by atoms with Crippen LogP contribution in [0.25, 0.3) is 0 Å². The number of ether oxygens (including phenoxy) is 1. The molecule has 1 saturated heterocycles. The van der Waals surface area contributed by atoms with Crippen LogP contribution in [0.4, 0.5) is 0 Å². The van der Waals surface area contributed by atoms with Crippen LogP contribution in [-0.2, 0) is 25.0 Å². The molecule has 0 bridgehead atoms. The van der Waals surface area contributed by atoms with Crippen molar-refractivity contribution in [3.8, 4) is 5.75 Å². The van der Waals surface area contributed by atoms with E-state index in [9.17, 15) is 9.36 Å². The second-order valence-electron chi connectivity index (χ2n) is 6.48. The number of phosphoric ester groups is 1. The lowest BCUT2D eigenvalue weighted by Crippen LogP contribution is -2.21. The van der Waals surface area contributed by atoms with Gasteiger partial charge in [-0.2, -0.15) is 0 Å². The summed E-state index contributed by atoms with van der Waals surface area (Å²) >= 11 is 5.21. The SMILES string of the molecule is Cc1cn(C2CCC(COP3(=O)OCc4ccccc4O3)O2)c(=S)[nH]c1=O. The van der Waals surface area contributed by atoms with Crippen LogP contribution in [0.3, 0.4) is 0 Å². The zero-order valence-corrected chi connectivity index (χ0v) is 16.3. The second kappa shape index (κ2) is 7.33. The quantitative estimate of drug-likeness (QED) is 0.608. The molecule has 2 aliphatic heterocycles. The minimum atomic E-state index is -3.67. The predicted octanol–water partition coefficient (Wildman–Crippen LogP) is 3.63. The van der Waals surface area contributed by atoms with Gasteiger partial charge >= 0.3 is 7.82 Å². The normalized spacial score (nSPS) is 27.1. The topological polar surface area (TPSA) is 91.8 Å². The molecule has 8 nitrogen and oxygen atoms in total. The Labute approximate surface area is 160 Å². The highest BCUT2D eigenvalue weighted by Gasteiger charge is 2.36. The van der Waals surface area contributed by atoms with Crippen LogP contribution in [0.15, 0.2) is 35.3 Å². The summed E-state index contributed by atoms with van der Waals surface area (Å²) in [6.07, 6.45) is 2.49. The third kappa shape index (κ3) is 3.93. The fraction of sp³-hybridized carbons (Fsp3) is 0.412. The number of para-hydroxylation sites is 1. The first-order valence-corrected chi connectivity index (χ1v) is 10.4.